The average molecular weight is 399 g/mol. The smallest absolute Gasteiger partial charge is 0.254 e. The maximum Gasteiger partial charge on any atom is 0.254 e. The molecule has 2 atom stereocenters. The lowest BCUT2D eigenvalue weighted by atomic mass is 10.1. The van der Waals surface area contributed by atoms with E-state index in [0.717, 1.165) is 52.9 Å². The maximum atomic E-state index is 13.0. The Bertz CT molecular complexity index is 1190. The molecule has 1 aliphatic rings. The maximum absolute atomic E-state index is 13.0. The van der Waals surface area contributed by atoms with Crippen LogP contribution in [0.4, 0.5) is 0 Å². The Morgan fingerprint density at radius 2 is 2.13 bits per heavy atom. The summed E-state index contributed by atoms with van der Waals surface area (Å²) in [6.07, 6.45) is 6.75. The molecule has 0 unspecified atom stereocenters. The van der Waals surface area contributed by atoms with Crippen LogP contribution in [-0.4, -0.2) is 43.1 Å². The van der Waals surface area contributed by atoms with Crippen LogP contribution in [0.2, 0.25) is 0 Å². The molecule has 0 spiro atoms. The number of nitrogens with zero attached hydrogens (tertiary/aromatic N) is 4. The second-order valence-electron chi connectivity index (χ2n) is 8.33. The zero-order chi connectivity index (χ0) is 20.7. The highest BCUT2D eigenvalue weighted by Gasteiger charge is 2.33. The SMILES string of the molecule is Cc1cccc(C(=O)N2C[C@H](Cn3ccc4nc(-c5cn[nH]c5)ccc43)C[C@H]2C)c1. The summed E-state index contributed by atoms with van der Waals surface area (Å²) in [5, 5.41) is 6.84. The first kappa shape index (κ1) is 18.6. The molecule has 0 aliphatic carbocycles. The molecule has 1 fully saturated rings. The first-order valence-corrected chi connectivity index (χ1v) is 10.4. The zero-order valence-electron chi connectivity index (χ0n) is 17.2. The molecule has 0 saturated carbocycles. The Hall–Kier alpha value is -3.41. The topological polar surface area (TPSA) is 66.8 Å². The molecule has 1 amide bonds. The van der Waals surface area contributed by atoms with Crippen LogP contribution in [0.15, 0.2) is 61.1 Å². The van der Waals surface area contributed by atoms with E-state index in [0.29, 0.717) is 5.92 Å². The predicted molar refractivity (Wildman–Crippen MR) is 117 cm³/mol. The number of carbonyl (C=O) groups excluding carboxylic acids is 1. The quantitative estimate of drug-likeness (QED) is 0.557. The summed E-state index contributed by atoms with van der Waals surface area (Å²) in [5.74, 6) is 0.565. The molecule has 1 aromatic carbocycles. The van der Waals surface area contributed by atoms with Gasteiger partial charge in [0.25, 0.3) is 5.91 Å². The number of amides is 1. The Morgan fingerprint density at radius 3 is 2.93 bits per heavy atom. The van der Waals surface area contributed by atoms with E-state index in [1.165, 1.54) is 0 Å². The number of hydrogen-bond acceptors (Lipinski definition) is 3. The fourth-order valence-corrected chi connectivity index (χ4v) is 4.56. The van der Waals surface area contributed by atoms with Crippen LogP contribution >= 0.6 is 0 Å². The summed E-state index contributed by atoms with van der Waals surface area (Å²) >= 11 is 0. The van der Waals surface area contributed by atoms with Gasteiger partial charge >= 0.3 is 0 Å². The summed E-state index contributed by atoms with van der Waals surface area (Å²) in [5.41, 5.74) is 5.90. The van der Waals surface area contributed by atoms with Crippen LogP contribution in [0, 0.1) is 12.8 Å². The van der Waals surface area contributed by atoms with Crippen molar-refractivity contribution in [3.05, 3.63) is 72.2 Å². The van der Waals surface area contributed by atoms with Gasteiger partial charge in [-0.3, -0.25) is 9.89 Å². The van der Waals surface area contributed by atoms with Crippen molar-refractivity contribution in [2.24, 2.45) is 5.92 Å². The summed E-state index contributed by atoms with van der Waals surface area (Å²) in [6.45, 7) is 5.85. The lowest BCUT2D eigenvalue weighted by molar-refractivity contribution is 0.0742. The molecule has 4 heterocycles. The highest BCUT2D eigenvalue weighted by molar-refractivity contribution is 5.94. The average Bonchev–Trinajstić information content (AvgIpc) is 3.48. The van der Waals surface area contributed by atoms with Gasteiger partial charge in [0, 0.05) is 42.7 Å². The van der Waals surface area contributed by atoms with Crippen molar-refractivity contribution in [1.29, 1.82) is 0 Å². The number of carbonyl (C=O) groups is 1. The lowest BCUT2D eigenvalue weighted by Crippen LogP contribution is -2.34. The van der Waals surface area contributed by atoms with Crippen molar-refractivity contribution in [2.75, 3.05) is 6.54 Å². The number of likely N-dealkylation sites (tertiary alicyclic amines) is 1. The minimum atomic E-state index is 0.137. The van der Waals surface area contributed by atoms with E-state index >= 15 is 0 Å². The molecule has 4 aromatic rings. The van der Waals surface area contributed by atoms with Crippen LogP contribution in [0.3, 0.4) is 0 Å². The second kappa shape index (κ2) is 7.44. The van der Waals surface area contributed by atoms with Crippen molar-refractivity contribution in [2.45, 2.75) is 32.9 Å². The van der Waals surface area contributed by atoms with E-state index in [-0.39, 0.29) is 11.9 Å². The fourth-order valence-electron chi connectivity index (χ4n) is 4.56. The van der Waals surface area contributed by atoms with E-state index in [9.17, 15) is 4.79 Å². The van der Waals surface area contributed by atoms with Crippen molar-refractivity contribution < 1.29 is 4.79 Å². The van der Waals surface area contributed by atoms with E-state index < -0.39 is 0 Å². The molecule has 6 heteroatoms. The van der Waals surface area contributed by atoms with Gasteiger partial charge in [0.1, 0.15) is 0 Å². The third-order valence-corrected chi connectivity index (χ3v) is 6.06. The van der Waals surface area contributed by atoms with Crippen LogP contribution < -0.4 is 0 Å². The van der Waals surface area contributed by atoms with Crippen molar-refractivity contribution in [1.82, 2.24) is 24.6 Å². The fraction of sp³-hybridized carbons (Fsp3) is 0.292. The number of aryl methyl sites for hydroxylation is 1. The van der Waals surface area contributed by atoms with E-state index in [2.05, 4.69) is 40.0 Å². The standard InChI is InChI=1S/C24H25N5O/c1-16-4-3-5-19(10-16)24(30)29-15-18(11-17(29)2)14-28-9-8-22-23(28)7-6-21(27-22)20-12-25-26-13-20/h3-10,12-13,17-18H,11,14-15H2,1-2H3,(H,25,26)/t17-,18+/m1/s1. The number of benzene rings is 1. The number of H-pyrrole nitrogens is 1. The summed E-state index contributed by atoms with van der Waals surface area (Å²) in [4.78, 5) is 19.8. The van der Waals surface area contributed by atoms with Crippen LogP contribution in [0.5, 0.6) is 0 Å². The molecular formula is C24H25N5O. The van der Waals surface area contributed by atoms with E-state index in [1.54, 1.807) is 6.20 Å². The molecule has 1 aliphatic heterocycles. The van der Waals surface area contributed by atoms with E-state index in [4.69, 9.17) is 4.98 Å². The molecule has 152 valence electrons. The largest absolute Gasteiger partial charge is 0.346 e. The molecule has 3 aromatic heterocycles. The minimum absolute atomic E-state index is 0.137. The van der Waals surface area contributed by atoms with Gasteiger partial charge in [-0.15, -0.1) is 0 Å². The Labute approximate surface area is 175 Å². The molecule has 6 nitrogen and oxygen atoms in total. The predicted octanol–water partition coefficient (Wildman–Crippen LogP) is 4.29. The van der Waals surface area contributed by atoms with Crippen molar-refractivity contribution >= 4 is 16.9 Å². The Balaban J connectivity index is 1.33. The van der Waals surface area contributed by atoms with Gasteiger partial charge in [0.15, 0.2) is 0 Å². The third-order valence-electron chi connectivity index (χ3n) is 6.06. The zero-order valence-corrected chi connectivity index (χ0v) is 17.2. The van der Waals surface area contributed by atoms with Gasteiger partial charge in [0.05, 0.1) is 22.9 Å². The van der Waals surface area contributed by atoms with Gasteiger partial charge in [-0.1, -0.05) is 17.7 Å². The number of aromatic nitrogens is 4. The molecule has 0 radical (unpaired) electrons. The number of aromatic amines is 1. The highest BCUT2D eigenvalue weighted by Crippen LogP contribution is 2.28. The molecule has 5 rings (SSSR count). The Morgan fingerprint density at radius 1 is 1.23 bits per heavy atom. The summed E-state index contributed by atoms with van der Waals surface area (Å²) in [6, 6.07) is 14.3. The number of hydrogen-bond donors (Lipinski definition) is 1. The minimum Gasteiger partial charge on any atom is -0.346 e. The number of pyridine rings is 1. The van der Waals surface area contributed by atoms with Crippen molar-refractivity contribution in [3.8, 4) is 11.3 Å². The normalized spacial score (nSPS) is 18.9. The Kier molecular flexibility index (Phi) is 4.62. The number of nitrogens with one attached hydrogen (secondary N) is 1. The van der Waals surface area contributed by atoms with Crippen LogP contribution in [-0.2, 0) is 6.54 Å². The van der Waals surface area contributed by atoms with Gasteiger partial charge < -0.3 is 9.47 Å². The second-order valence-corrected chi connectivity index (χ2v) is 8.33. The summed E-state index contributed by atoms with van der Waals surface area (Å²) in [7, 11) is 0. The summed E-state index contributed by atoms with van der Waals surface area (Å²) < 4.78 is 2.26. The molecule has 30 heavy (non-hydrogen) atoms. The molecule has 1 N–H and O–H groups in total. The van der Waals surface area contributed by atoms with Crippen molar-refractivity contribution in [3.63, 3.8) is 0 Å². The lowest BCUT2D eigenvalue weighted by Gasteiger charge is -2.22. The van der Waals surface area contributed by atoms with Crippen LogP contribution in [0.25, 0.3) is 22.3 Å². The van der Waals surface area contributed by atoms with Gasteiger partial charge in [-0.25, -0.2) is 4.98 Å². The highest BCUT2D eigenvalue weighted by atomic mass is 16.2. The first-order valence-electron chi connectivity index (χ1n) is 10.4. The molecular weight excluding hydrogens is 374 g/mol. The monoisotopic (exact) mass is 399 g/mol. The third kappa shape index (κ3) is 3.38. The molecule has 0 bridgehead atoms. The van der Waals surface area contributed by atoms with Crippen LogP contribution in [0.1, 0.15) is 29.3 Å². The molecule has 1 saturated heterocycles. The van der Waals surface area contributed by atoms with Gasteiger partial charge in [0.2, 0.25) is 0 Å². The first-order chi connectivity index (χ1) is 14.6. The van der Waals surface area contributed by atoms with Gasteiger partial charge in [-0.05, 0) is 56.5 Å². The number of rotatable bonds is 4. The van der Waals surface area contributed by atoms with Gasteiger partial charge in [-0.2, -0.15) is 5.10 Å². The number of fused-ring (bicyclic) bond motifs is 1. The van der Waals surface area contributed by atoms with E-state index in [1.807, 2.05) is 48.4 Å².